The number of hydrogen-bond donors (Lipinski definition) is 2. The summed E-state index contributed by atoms with van der Waals surface area (Å²) in [5.41, 5.74) is 0.526. The van der Waals surface area contributed by atoms with E-state index in [0.29, 0.717) is 12.1 Å². The van der Waals surface area contributed by atoms with Crippen molar-refractivity contribution in [3.8, 4) is 0 Å². The van der Waals surface area contributed by atoms with Crippen LogP contribution in [0.25, 0.3) is 0 Å². The molecule has 2 N–H and O–H groups in total. The molecule has 1 saturated carbocycles. The lowest BCUT2D eigenvalue weighted by molar-refractivity contribution is 0.281. The zero-order valence-corrected chi connectivity index (χ0v) is 13.6. The third-order valence-electron chi connectivity index (χ3n) is 3.75. The molecule has 2 rings (SSSR count). The van der Waals surface area contributed by atoms with E-state index in [2.05, 4.69) is 4.72 Å². The number of aliphatic hydroxyl groups excluding tert-OH is 1. The van der Waals surface area contributed by atoms with Crippen LogP contribution in [0.5, 0.6) is 0 Å². The van der Waals surface area contributed by atoms with Crippen molar-refractivity contribution in [1.29, 1.82) is 0 Å². The number of rotatable bonds is 6. The first kappa shape index (κ1) is 16.1. The van der Waals surface area contributed by atoms with Crippen LogP contribution in [-0.4, -0.2) is 31.1 Å². The Morgan fingerprint density at radius 2 is 2.15 bits per heavy atom. The maximum absolute atomic E-state index is 12.3. The summed E-state index contributed by atoms with van der Waals surface area (Å²) in [6, 6.07) is 4.52. The molecule has 0 radical (unpaired) electrons. The summed E-state index contributed by atoms with van der Waals surface area (Å²) in [4.78, 5) is 0.0290. The van der Waals surface area contributed by atoms with Crippen molar-refractivity contribution in [2.75, 3.05) is 12.8 Å². The van der Waals surface area contributed by atoms with Gasteiger partial charge in [0.2, 0.25) is 10.0 Å². The Kier molecular flexibility index (Phi) is 5.02. The van der Waals surface area contributed by atoms with Crippen molar-refractivity contribution in [1.82, 2.24) is 4.72 Å². The summed E-state index contributed by atoms with van der Waals surface area (Å²) in [7, 11) is -3.65. The van der Waals surface area contributed by atoms with Crippen LogP contribution in [0.3, 0.4) is 0 Å². The lowest BCUT2D eigenvalue weighted by atomic mass is 9.84. The number of sulfonamides is 1. The molecule has 20 heavy (non-hydrogen) atoms. The second kappa shape index (κ2) is 6.23. The van der Waals surface area contributed by atoms with Crippen molar-refractivity contribution in [3.05, 3.63) is 28.8 Å². The molecule has 1 fully saturated rings. The fraction of sp³-hybridized carbons (Fsp3) is 0.538. The van der Waals surface area contributed by atoms with Crippen LogP contribution in [0.4, 0.5) is 0 Å². The highest BCUT2D eigenvalue weighted by molar-refractivity contribution is 8.00. The summed E-state index contributed by atoms with van der Waals surface area (Å²) in [5, 5.41) is 9.27. The van der Waals surface area contributed by atoms with Gasteiger partial charge < -0.3 is 5.11 Å². The Bertz CT molecular complexity index is 580. The van der Waals surface area contributed by atoms with Gasteiger partial charge >= 0.3 is 0 Å². The largest absolute Gasteiger partial charge is 0.392 e. The van der Waals surface area contributed by atoms with Crippen molar-refractivity contribution in [2.45, 2.75) is 35.5 Å². The number of hydrogen-bond acceptors (Lipinski definition) is 4. The molecule has 4 nitrogen and oxygen atoms in total. The highest BCUT2D eigenvalue weighted by Gasteiger charge is 2.37. The van der Waals surface area contributed by atoms with E-state index in [4.69, 9.17) is 16.7 Å². The number of aliphatic hydroxyl groups is 1. The van der Waals surface area contributed by atoms with E-state index in [1.54, 1.807) is 17.8 Å². The molecule has 0 bridgehead atoms. The smallest absolute Gasteiger partial charge is 0.242 e. The van der Waals surface area contributed by atoms with Crippen LogP contribution in [0.2, 0.25) is 5.02 Å². The standard InChI is InChI=1S/C13H18ClNO3S2/c1-19-13(5-2-6-13)9-15-20(17,18)12-7-10(8-16)3-4-11(12)14/h3-4,7,15-16H,2,5-6,8-9H2,1H3. The van der Waals surface area contributed by atoms with E-state index in [9.17, 15) is 8.42 Å². The topological polar surface area (TPSA) is 66.4 Å². The lowest BCUT2D eigenvalue weighted by Crippen LogP contribution is -2.45. The molecule has 1 aliphatic carbocycles. The molecule has 0 atom stereocenters. The predicted octanol–water partition coefficient (Wildman–Crippen LogP) is 2.40. The molecule has 0 aromatic heterocycles. The Morgan fingerprint density at radius 1 is 1.45 bits per heavy atom. The molecule has 1 aromatic rings. The van der Waals surface area contributed by atoms with Crippen molar-refractivity contribution < 1.29 is 13.5 Å². The van der Waals surface area contributed by atoms with Gasteiger partial charge in [-0.2, -0.15) is 11.8 Å². The first-order valence-electron chi connectivity index (χ1n) is 6.36. The van der Waals surface area contributed by atoms with Gasteiger partial charge in [0.25, 0.3) is 0 Å². The second-order valence-corrected chi connectivity index (χ2v) is 8.40. The monoisotopic (exact) mass is 335 g/mol. The predicted molar refractivity (Wildman–Crippen MR) is 82.7 cm³/mol. The van der Waals surface area contributed by atoms with Crippen molar-refractivity contribution in [3.63, 3.8) is 0 Å². The van der Waals surface area contributed by atoms with Crippen LogP contribution in [-0.2, 0) is 16.6 Å². The summed E-state index contributed by atoms with van der Waals surface area (Å²) in [6.07, 6.45) is 5.21. The minimum atomic E-state index is -3.65. The van der Waals surface area contributed by atoms with E-state index in [0.717, 1.165) is 19.3 Å². The molecular formula is C13H18ClNO3S2. The average molecular weight is 336 g/mol. The third-order valence-corrected chi connectivity index (χ3v) is 7.05. The SMILES string of the molecule is CSC1(CNS(=O)(=O)c2cc(CO)ccc2Cl)CCC1. The Morgan fingerprint density at radius 3 is 2.65 bits per heavy atom. The van der Waals surface area contributed by atoms with E-state index in [1.807, 2.05) is 6.26 Å². The van der Waals surface area contributed by atoms with E-state index < -0.39 is 10.0 Å². The van der Waals surface area contributed by atoms with Gasteiger partial charge in [-0.15, -0.1) is 0 Å². The Balaban J connectivity index is 2.18. The summed E-state index contributed by atoms with van der Waals surface area (Å²) in [6.45, 7) is 0.199. The van der Waals surface area contributed by atoms with Gasteiger partial charge in [0.05, 0.1) is 11.6 Å². The summed E-state index contributed by atoms with van der Waals surface area (Å²) < 4.78 is 27.3. The highest BCUT2D eigenvalue weighted by atomic mass is 35.5. The summed E-state index contributed by atoms with van der Waals surface area (Å²) >= 11 is 7.67. The van der Waals surface area contributed by atoms with E-state index in [-0.39, 0.29) is 21.3 Å². The number of thioether (sulfide) groups is 1. The van der Waals surface area contributed by atoms with Gasteiger partial charge in [0.15, 0.2) is 0 Å². The molecule has 0 unspecified atom stereocenters. The zero-order valence-electron chi connectivity index (χ0n) is 11.2. The minimum Gasteiger partial charge on any atom is -0.392 e. The number of halogens is 1. The third kappa shape index (κ3) is 3.31. The van der Waals surface area contributed by atoms with Crippen LogP contribution in [0.1, 0.15) is 24.8 Å². The molecule has 1 aromatic carbocycles. The fourth-order valence-electron chi connectivity index (χ4n) is 2.18. The molecule has 0 saturated heterocycles. The van der Waals surface area contributed by atoms with Gasteiger partial charge in [-0.25, -0.2) is 13.1 Å². The van der Waals surface area contributed by atoms with Gasteiger partial charge in [-0.05, 0) is 36.8 Å². The molecule has 7 heteroatoms. The van der Waals surface area contributed by atoms with Gasteiger partial charge in [0, 0.05) is 11.3 Å². The number of nitrogens with one attached hydrogen (secondary N) is 1. The van der Waals surface area contributed by atoms with Crippen LogP contribution >= 0.6 is 23.4 Å². The molecule has 1 aliphatic rings. The maximum Gasteiger partial charge on any atom is 0.242 e. The molecular weight excluding hydrogens is 318 g/mol. The quantitative estimate of drug-likeness (QED) is 0.837. The van der Waals surface area contributed by atoms with Crippen LogP contribution < -0.4 is 4.72 Å². The van der Waals surface area contributed by atoms with Gasteiger partial charge in [0.1, 0.15) is 4.90 Å². The van der Waals surface area contributed by atoms with E-state index >= 15 is 0 Å². The molecule has 112 valence electrons. The second-order valence-electron chi connectivity index (χ2n) is 4.99. The van der Waals surface area contributed by atoms with Crippen LogP contribution in [0, 0.1) is 0 Å². The fourth-order valence-corrected chi connectivity index (χ4v) is 4.86. The molecule has 0 aliphatic heterocycles. The average Bonchev–Trinajstić information content (AvgIpc) is 2.38. The minimum absolute atomic E-state index is 0.0220. The Labute approximate surface area is 129 Å². The lowest BCUT2D eigenvalue weighted by Gasteiger charge is -2.40. The molecule has 0 amide bonds. The number of benzene rings is 1. The van der Waals surface area contributed by atoms with Crippen LogP contribution in [0.15, 0.2) is 23.1 Å². The van der Waals surface area contributed by atoms with Gasteiger partial charge in [-0.1, -0.05) is 24.1 Å². The first-order valence-corrected chi connectivity index (χ1v) is 9.45. The van der Waals surface area contributed by atoms with E-state index in [1.165, 1.54) is 12.1 Å². The van der Waals surface area contributed by atoms with Crippen molar-refractivity contribution >= 4 is 33.4 Å². The summed E-state index contributed by atoms with van der Waals surface area (Å²) in [5.74, 6) is 0. The normalized spacial score (nSPS) is 17.8. The van der Waals surface area contributed by atoms with Gasteiger partial charge in [-0.3, -0.25) is 0 Å². The zero-order chi connectivity index (χ0) is 14.8. The highest BCUT2D eigenvalue weighted by Crippen LogP contribution is 2.42. The first-order chi connectivity index (χ1) is 9.42. The molecule has 0 heterocycles. The maximum atomic E-state index is 12.3. The van der Waals surface area contributed by atoms with Crippen molar-refractivity contribution in [2.24, 2.45) is 0 Å². The Hall–Kier alpha value is -0.270. The molecule has 0 spiro atoms.